The lowest BCUT2D eigenvalue weighted by Crippen LogP contribution is -2.25. The Morgan fingerprint density at radius 3 is 2.69 bits per heavy atom. The van der Waals surface area contributed by atoms with Gasteiger partial charge in [-0.15, -0.1) is 0 Å². The van der Waals surface area contributed by atoms with Crippen LogP contribution >= 0.6 is 15.9 Å². The van der Waals surface area contributed by atoms with E-state index in [1.54, 1.807) is 12.1 Å². The van der Waals surface area contributed by atoms with E-state index < -0.39 is 22.3 Å². The van der Waals surface area contributed by atoms with Crippen molar-refractivity contribution in [3.63, 3.8) is 0 Å². The highest BCUT2D eigenvalue weighted by molar-refractivity contribution is 9.10. The van der Waals surface area contributed by atoms with Crippen LogP contribution in [0.15, 0.2) is 46.0 Å². The summed E-state index contributed by atoms with van der Waals surface area (Å²) in [5, 5.41) is 27.4. The van der Waals surface area contributed by atoms with Crippen molar-refractivity contribution < 1.29 is 19.6 Å². The van der Waals surface area contributed by atoms with Gasteiger partial charge in [0, 0.05) is 15.7 Å². The van der Waals surface area contributed by atoms with Crippen molar-refractivity contribution >= 4 is 39.4 Å². The standard InChI is InChI=1S/C16H15BrN4O5/c1-26-13-6-10(16(23)14(7-13)21(24)25)8-19-20-15(22)9-18-12-4-2-11(17)3-5-12/h2-8,18,23H,9H2,1H3,(H,20,22)/b19-8-. The molecule has 0 radical (unpaired) electrons. The maximum absolute atomic E-state index is 11.8. The summed E-state index contributed by atoms with van der Waals surface area (Å²) in [7, 11) is 1.34. The van der Waals surface area contributed by atoms with E-state index in [0.717, 1.165) is 22.4 Å². The number of carbonyl (C=O) groups is 1. The van der Waals surface area contributed by atoms with E-state index in [1.165, 1.54) is 13.2 Å². The molecule has 136 valence electrons. The fraction of sp³-hybridized carbons (Fsp3) is 0.125. The van der Waals surface area contributed by atoms with Crippen LogP contribution < -0.4 is 15.5 Å². The first-order chi connectivity index (χ1) is 12.4. The van der Waals surface area contributed by atoms with Crippen LogP contribution in [0.25, 0.3) is 0 Å². The molecule has 0 aliphatic heterocycles. The number of nitro benzene ring substituents is 1. The second kappa shape index (κ2) is 8.81. The summed E-state index contributed by atoms with van der Waals surface area (Å²) in [6.45, 7) is -0.0246. The number of aromatic hydroxyl groups is 1. The first kappa shape index (κ1) is 19.2. The van der Waals surface area contributed by atoms with Crippen molar-refractivity contribution in [3.8, 4) is 11.5 Å². The highest BCUT2D eigenvalue weighted by atomic mass is 79.9. The Morgan fingerprint density at radius 1 is 1.38 bits per heavy atom. The molecule has 0 bridgehead atoms. The third kappa shape index (κ3) is 5.18. The second-order valence-electron chi connectivity index (χ2n) is 5.00. The quantitative estimate of drug-likeness (QED) is 0.357. The monoisotopic (exact) mass is 422 g/mol. The van der Waals surface area contributed by atoms with Crippen molar-refractivity contribution in [2.24, 2.45) is 5.10 Å². The number of phenolic OH excluding ortho intramolecular Hbond substituents is 1. The molecule has 2 rings (SSSR count). The van der Waals surface area contributed by atoms with Gasteiger partial charge in [0.05, 0.1) is 30.9 Å². The number of amides is 1. The minimum atomic E-state index is -0.740. The van der Waals surface area contributed by atoms with E-state index in [-0.39, 0.29) is 17.9 Å². The molecule has 26 heavy (non-hydrogen) atoms. The molecule has 0 heterocycles. The molecule has 2 aromatic rings. The molecule has 0 spiro atoms. The molecular weight excluding hydrogens is 408 g/mol. The normalized spacial score (nSPS) is 10.5. The number of anilines is 1. The number of hydrogen-bond donors (Lipinski definition) is 3. The lowest BCUT2D eigenvalue weighted by Gasteiger charge is -2.06. The number of rotatable bonds is 7. The minimum absolute atomic E-state index is 0.0246. The molecule has 10 heteroatoms. The van der Waals surface area contributed by atoms with Gasteiger partial charge < -0.3 is 15.2 Å². The van der Waals surface area contributed by atoms with Gasteiger partial charge in [0.15, 0.2) is 0 Å². The Labute approximate surface area is 157 Å². The second-order valence-corrected chi connectivity index (χ2v) is 5.91. The Balaban J connectivity index is 1.99. The van der Waals surface area contributed by atoms with Gasteiger partial charge in [-0.05, 0) is 30.3 Å². The highest BCUT2D eigenvalue weighted by Gasteiger charge is 2.18. The van der Waals surface area contributed by atoms with Gasteiger partial charge in [-0.1, -0.05) is 15.9 Å². The maximum atomic E-state index is 11.8. The molecule has 0 aromatic heterocycles. The molecule has 2 aromatic carbocycles. The Bertz CT molecular complexity index is 839. The number of ether oxygens (including phenoxy) is 1. The molecule has 0 saturated carbocycles. The topological polar surface area (TPSA) is 126 Å². The van der Waals surface area contributed by atoms with Crippen LogP contribution in [0.4, 0.5) is 11.4 Å². The van der Waals surface area contributed by atoms with E-state index >= 15 is 0 Å². The number of carbonyl (C=O) groups excluding carboxylic acids is 1. The molecule has 1 amide bonds. The van der Waals surface area contributed by atoms with Gasteiger partial charge in [-0.2, -0.15) is 5.10 Å². The fourth-order valence-corrected chi connectivity index (χ4v) is 2.20. The minimum Gasteiger partial charge on any atom is -0.502 e. The van der Waals surface area contributed by atoms with E-state index in [0.29, 0.717) is 0 Å². The van der Waals surface area contributed by atoms with Crippen LogP contribution in [0, 0.1) is 10.1 Å². The van der Waals surface area contributed by atoms with E-state index in [2.05, 4.69) is 31.8 Å². The zero-order valence-corrected chi connectivity index (χ0v) is 15.2. The number of nitrogens with zero attached hydrogens (tertiary/aromatic N) is 2. The zero-order chi connectivity index (χ0) is 19.1. The molecule has 0 atom stereocenters. The molecular formula is C16H15BrN4O5. The first-order valence-electron chi connectivity index (χ1n) is 7.27. The third-order valence-corrected chi connectivity index (χ3v) is 3.74. The summed E-state index contributed by atoms with van der Waals surface area (Å²) in [4.78, 5) is 22.0. The van der Waals surface area contributed by atoms with Crippen molar-refractivity contribution in [1.29, 1.82) is 0 Å². The van der Waals surface area contributed by atoms with Gasteiger partial charge in [-0.3, -0.25) is 14.9 Å². The molecule has 0 saturated heterocycles. The lowest BCUT2D eigenvalue weighted by molar-refractivity contribution is -0.385. The average Bonchev–Trinajstić information content (AvgIpc) is 2.62. The number of hydrogen-bond acceptors (Lipinski definition) is 7. The molecule has 0 aliphatic carbocycles. The Morgan fingerprint density at radius 2 is 2.08 bits per heavy atom. The summed E-state index contributed by atoms with van der Waals surface area (Å²) in [5.41, 5.74) is 2.54. The first-order valence-corrected chi connectivity index (χ1v) is 8.06. The largest absolute Gasteiger partial charge is 0.502 e. The van der Waals surface area contributed by atoms with Crippen LogP contribution in [0.3, 0.4) is 0 Å². The van der Waals surface area contributed by atoms with Crippen molar-refractivity contribution in [2.75, 3.05) is 19.0 Å². The Hall–Kier alpha value is -3.14. The molecule has 0 fully saturated rings. The van der Waals surface area contributed by atoms with E-state index in [9.17, 15) is 20.0 Å². The average molecular weight is 423 g/mol. The van der Waals surface area contributed by atoms with E-state index in [1.807, 2.05) is 12.1 Å². The third-order valence-electron chi connectivity index (χ3n) is 3.22. The number of hydrazone groups is 1. The Kier molecular flexibility index (Phi) is 6.50. The number of phenols is 1. The van der Waals surface area contributed by atoms with Gasteiger partial charge in [0.25, 0.3) is 5.91 Å². The predicted molar refractivity (Wildman–Crippen MR) is 99.7 cm³/mol. The van der Waals surface area contributed by atoms with E-state index in [4.69, 9.17) is 4.74 Å². The lowest BCUT2D eigenvalue weighted by atomic mass is 10.1. The summed E-state index contributed by atoms with van der Waals surface area (Å²) >= 11 is 3.31. The SMILES string of the molecule is COc1cc(/C=N\NC(=O)CNc2ccc(Br)cc2)c(O)c([N+](=O)[O-])c1. The van der Waals surface area contributed by atoms with Crippen LogP contribution in [-0.2, 0) is 4.79 Å². The van der Waals surface area contributed by atoms with Gasteiger partial charge >= 0.3 is 5.69 Å². The zero-order valence-electron chi connectivity index (χ0n) is 13.6. The summed E-state index contributed by atoms with van der Waals surface area (Å²) in [6, 6.07) is 9.71. The number of nitro groups is 1. The number of nitrogens with one attached hydrogen (secondary N) is 2. The summed E-state index contributed by atoms with van der Waals surface area (Å²) in [5.74, 6) is -0.818. The summed E-state index contributed by atoms with van der Waals surface area (Å²) in [6.07, 6.45) is 1.10. The highest BCUT2D eigenvalue weighted by Crippen LogP contribution is 2.33. The van der Waals surface area contributed by atoms with Gasteiger partial charge in [-0.25, -0.2) is 5.43 Å². The summed E-state index contributed by atoms with van der Waals surface area (Å²) < 4.78 is 5.87. The van der Waals surface area contributed by atoms with Crippen LogP contribution in [0.1, 0.15) is 5.56 Å². The number of methoxy groups -OCH3 is 1. The molecule has 9 nitrogen and oxygen atoms in total. The van der Waals surface area contributed by atoms with Gasteiger partial charge in [0.1, 0.15) is 5.75 Å². The van der Waals surface area contributed by atoms with Crippen LogP contribution in [0.5, 0.6) is 11.5 Å². The number of halogens is 1. The van der Waals surface area contributed by atoms with Crippen molar-refractivity contribution in [1.82, 2.24) is 5.43 Å². The molecule has 3 N–H and O–H groups in total. The van der Waals surface area contributed by atoms with Crippen molar-refractivity contribution in [3.05, 3.63) is 56.5 Å². The maximum Gasteiger partial charge on any atom is 0.315 e. The van der Waals surface area contributed by atoms with Gasteiger partial charge in [0.2, 0.25) is 5.75 Å². The molecule has 0 unspecified atom stereocenters. The fourth-order valence-electron chi connectivity index (χ4n) is 1.93. The smallest absolute Gasteiger partial charge is 0.315 e. The van der Waals surface area contributed by atoms with Crippen LogP contribution in [0.2, 0.25) is 0 Å². The van der Waals surface area contributed by atoms with Crippen molar-refractivity contribution in [2.45, 2.75) is 0 Å². The number of benzene rings is 2. The van der Waals surface area contributed by atoms with Crippen LogP contribution in [-0.4, -0.2) is 35.8 Å². The molecule has 0 aliphatic rings. The predicted octanol–water partition coefficient (Wildman–Crippen LogP) is 2.63.